The number of hydrogen-bond acceptors (Lipinski definition) is 5. The van der Waals surface area contributed by atoms with Gasteiger partial charge in [-0.2, -0.15) is 4.98 Å². The molecule has 8 heteroatoms. The predicted octanol–water partition coefficient (Wildman–Crippen LogP) is 5.20. The Bertz CT molecular complexity index is 1050. The molecule has 1 aliphatic heterocycles. The summed E-state index contributed by atoms with van der Waals surface area (Å²) in [5.41, 5.74) is 2.61. The Balaban J connectivity index is 1.38. The van der Waals surface area contributed by atoms with Crippen molar-refractivity contribution in [3.05, 3.63) is 64.0 Å². The van der Waals surface area contributed by atoms with Gasteiger partial charge in [0.05, 0.1) is 23.2 Å². The summed E-state index contributed by atoms with van der Waals surface area (Å²) in [6, 6.07) is 13.0. The summed E-state index contributed by atoms with van der Waals surface area (Å²) in [5.74, 6) is 0.920. The zero-order chi connectivity index (χ0) is 21.1. The van der Waals surface area contributed by atoms with Crippen LogP contribution >= 0.6 is 23.2 Å². The topological polar surface area (TPSA) is 71.3 Å². The van der Waals surface area contributed by atoms with Crippen LogP contribution in [0.1, 0.15) is 24.3 Å². The molecule has 4 rings (SSSR count). The zero-order valence-electron chi connectivity index (χ0n) is 16.6. The van der Waals surface area contributed by atoms with Gasteiger partial charge in [-0.15, -0.1) is 0 Å². The van der Waals surface area contributed by atoms with E-state index in [-0.39, 0.29) is 11.8 Å². The van der Waals surface area contributed by atoms with E-state index in [9.17, 15) is 4.79 Å². The SMILES string of the molecule is Cc1cccc(-c2noc(CN3CCCC(C(=O)Nc4cc(Cl)ccc4Cl)C3)n2)c1. The number of likely N-dealkylation sites (tertiary alicyclic amines) is 1. The number of carbonyl (C=O) groups excluding carboxylic acids is 1. The van der Waals surface area contributed by atoms with Gasteiger partial charge in [0.25, 0.3) is 0 Å². The molecule has 2 heterocycles. The molecule has 1 unspecified atom stereocenters. The third-order valence-corrected chi connectivity index (χ3v) is 5.73. The minimum atomic E-state index is -0.145. The van der Waals surface area contributed by atoms with Crippen molar-refractivity contribution >= 4 is 34.8 Å². The number of amides is 1. The molecular formula is C22H22Cl2N4O2. The fraction of sp³-hybridized carbons (Fsp3) is 0.318. The largest absolute Gasteiger partial charge is 0.338 e. The lowest BCUT2D eigenvalue weighted by molar-refractivity contribution is -0.121. The van der Waals surface area contributed by atoms with Gasteiger partial charge in [-0.1, -0.05) is 52.1 Å². The van der Waals surface area contributed by atoms with Crippen LogP contribution in [-0.4, -0.2) is 34.0 Å². The molecule has 1 aliphatic rings. The first-order valence-corrected chi connectivity index (χ1v) is 10.6. The minimum Gasteiger partial charge on any atom is -0.338 e. The van der Waals surface area contributed by atoms with Crippen molar-refractivity contribution in [1.82, 2.24) is 15.0 Å². The van der Waals surface area contributed by atoms with E-state index >= 15 is 0 Å². The van der Waals surface area contributed by atoms with Crippen molar-refractivity contribution in [2.24, 2.45) is 5.92 Å². The van der Waals surface area contributed by atoms with Gasteiger partial charge in [-0.05, 0) is 50.6 Å². The van der Waals surface area contributed by atoms with Gasteiger partial charge in [-0.25, -0.2) is 0 Å². The predicted molar refractivity (Wildman–Crippen MR) is 118 cm³/mol. The molecule has 1 fully saturated rings. The van der Waals surface area contributed by atoms with Gasteiger partial charge in [0, 0.05) is 17.1 Å². The summed E-state index contributed by atoms with van der Waals surface area (Å²) in [6.45, 7) is 4.04. The normalized spacial score (nSPS) is 17.1. The number of aromatic nitrogens is 2. The molecule has 156 valence electrons. The number of aryl methyl sites for hydroxylation is 1. The molecule has 2 aromatic carbocycles. The van der Waals surface area contributed by atoms with Crippen molar-refractivity contribution < 1.29 is 9.32 Å². The van der Waals surface area contributed by atoms with Gasteiger partial charge < -0.3 is 9.84 Å². The summed E-state index contributed by atoms with van der Waals surface area (Å²) >= 11 is 12.2. The summed E-state index contributed by atoms with van der Waals surface area (Å²) < 4.78 is 5.45. The van der Waals surface area contributed by atoms with Crippen LogP contribution in [0.2, 0.25) is 10.0 Å². The standard InChI is InChI=1S/C22H22Cl2N4O2/c1-14-4-2-5-15(10-14)21-26-20(30-27-21)13-28-9-3-6-16(12-28)22(29)25-19-11-17(23)7-8-18(19)24/h2,4-5,7-8,10-11,16H,3,6,9,12-13H2,1H3,(H,25,29). The first kappa shape index (κ1) is 20.8. The van der Waals surface area contributed by atoms with Crippen LogP contribution in [0.4, 0.5) is 5.69 Å². The van der Waals surface area contributed by atoms with E-state index in [1.54, 1.807) is 18.2 Å². The molecule has 1 amide bonds. The Kier molecular flexibility index (Phi) is 6.37. The number of carbonyl (C=O) groups is 1. The van der Waals surface area contributed by atoms with E-state index < -0.39 is 0 Å². The maximum absolute atomic E-state index is 12.8. The lowest BCUT2D eigenvalue weighted by atomic mass is 9.97. The fourth-order valence-electron chi connectivity index (χ4n) is 3.65. The Labute approximate surface area is 185 Å². The van der Waals surface area contributed by atoms with E-state index in [0.29, 0.717) is 40.5 Å². The quantitative estimate of drug-likeness (QED) is 0.585. The average Bonchev–Trinajstić information content (AvgIpc) is 3.19. The Morgan fingerprint density at radius 2 is 2.13 bits per heavy atom. The van der Waals surface area contributed by atoms with Crippen LogP contribution in [0.3, 0.4) is 0 Å². The second-order valence-corrected chi connectivity index (χ2v) is 8.41. The number of rotatable bonds is 5. The molecule has 6 nitrogen and oxygen atoms in total. The molecular weight excluding hydrogens is 423 g/mol. The van der Waals surface area contributed by atoms with Crippen LogP contribution in [0, 0.1) is 12.8 Å². The summed E-state index contributed by atoms with van der Waals surface area (Å²) in [6.07, 6.45) is 1.74. The molecule has 1 N–H and O–H groups in total. The molecule has 1 saturated heterocycles. The monoisotopic (exact) mass is 444 g/mol. The molecule has 1 aromatic heterocycles. The number of halogens is 2. The van der Waals surface area contributed by atoms with E-state index in [1.165, 1.54) is 0 Å². The number of benzene rings is 2. The molecule has 0 spiro atoms. The molecule has 1 atom stereocenters. The van der Waals surface area contributed by atoms with E-state index in [2.05, 4.69) is 20.4 Å². The number of hydrogen-bond donors (Lipinski definition) is 1. The summed E-state index contributed by atoms with van der Waals surface area (Å²) in [7, 11) is 0. The second kappa shape index (κ2) is 9.16. The number of piperidine rings is 1. The second-order valence-electron chi connectivity index (χ2n) is 7.57. The molecule has 0 aliphatic carbocycles. The van der Waals surface area contributed by atoms with Crippen molar-refractivity contribution in [3.63, 3.8) is 0 Å². The fourth-order valence-corrected chi connectivity index (χ4v) is 3.99. The minimum absolute atomic E-state index is 0.0603. The van der Waals surface area contributed by atoms with Gasteiger partial charge in [0.2, 0.25) is 17.6 Å². The third kappa shape index (κ3) is 5.01. The highest BCUT2D eigenvalue weighted by Crippen LogP contribution is 2.27. The third-order valence-electron chi connectivity index (χ3n) is 5.17. The first-order chi connectivity index (χ1) is 14.5. The van der Waals surface area contributed by atoms with Crippen molar-refractivity contribution in [3.8, 4) is 11.4 Å². The summed E-state index contributed by atoms with van der Waals surface area (Å²) in [5, 5.41) is 8.00. The van der Waals surface area contributed by atoms with Gasteiger partial charge in [-0.3, -0.25) is 9.69 Å². The van der Waals surface area contributed by atoms with Gasteiger partial charge in [0.1, 0.15) is 0 Å². The number of nitrogens with zero attached hydrogens (tertiary/aromatic N) is 3. The first-order valence-electron chi connectivity index (χ1n) is 9.86. The highest BCUT2D eigenvalue weighted by atomic mass is 35.5. The molecule has 3 aromatic rings. The van der Waals surface area contributed by atoms with Crippen LogP contribution in [0.5, 0.6) is 0 Å². The van der Waals surface area contributed by atoms with Gasteiger partial charge in [0.15, 0.2) is 0 Å². The van der Waals surface area contributed by atoms with Crippen LogP contribution in [-0.2, 0) is 11.3 Å². The van der Waals surface area contributed by atoms with E-state index in [0.717, 1.165) is 30.5 Å². The smallest absolute Gasteiger partial charge is 0.241 e. The van der Waals surface area contributed by atoms with E-state index in [4.69, 9.17) is 27.7 Å². The molecule has 0 bridgehead atoms. The van der Waals surface area contributed by atoms with Crippen LogP contribution < -0.4 is 5.32 Å². The average molecular weight is 445 g/mol. The summed E-state index contributed by atoms with van der Waals surface area (Å²) in [4.78, 5) is 19.4. The van der Waals surface area contributed by atoms with Gasteiger partial charge >= 0.3 is 0 Å². The maximum Gasteiger partial charge on any atom is 0.241 e. The van der Waals surface area contributed by atoms with Crippen molar-refractivity contribution in [2.45, 2.75) is 26.3 Å². The Hall–Kier alpha value is -2.41. The van der Waals surface area contributed by atoms with Crippen molar-refractivity contribution in [2.75, 3.05) is 18.4 Å². The van der Waals surface area contributed by atoms with Crippen LogP contribution in [0.25, 0.3) is 11.4 Å². The van der Waals surface area contributed by atoms with E-state index in [1.807, 2.05) is 31.2 Å². The van der Waals surface area contributed by atoms with Crippen molar-refractivity contribution in [1.29, 1.82) is 0 Å². The maximum atomic E-state index is 12.8. The van der Waals surface area contributed by atoms with Crippen LogP contribution in [0.15, 0.2) is 47.0 Å². The lowest BCUT2D eigenvalue weighted by Gasteiger charge is -2.30. The zero-order valence-corrected chi connectivity index (χ0v) is 18.1. The lowest BCUT2D eigenvalue weighted by Crippen LogP contribution is -2.40. The Morgan fingerprint density at radius 3 is 2.97 bits per heavy atom. The Morgan fingerprint density at radius 1 is 1.27 bits per heavy atom. The molecule has 0 saturated carbocycles. The molecule has 30 heavy (non-hydrogen) atoms. The highest BCUT2D eigenvalue weighted by Gasteiger charge is 2.27. The molecule has 0 radical (unpaired) electrons. The highest BCUT2D eigenvalue weighted by molar-refractivity contribution is 6.35. The number of anilines is 1. The number of nitrogens with one attached hydrogen (secondary N) is 1.